The molecule has 2 nitrogen and oxygen atoms in total. The van der Waals surface area contributed by atoms with Gasteiger partial charge < -0.3 is 0 Å². The molecule has 0 saturated heterocycles. The van der Waals surface area contributed by atoms with Gasteiger partial charge in [0.15, 0.2) is 0 Å². The summed E-state index contributed by atoms with van der Waals surface area (Å²) >= 11 is 1.66. The summed E-state index contributed by atoms with van der Waals surface area (Å²) < 4.78 is 1.23. The maximum absolute atomic E-state index is 4.32. The third-order valence-electron chi connectivity index (χ3n) is 1.62. The number of aryl methyl sites for hydroxylation is 2. The second kappa shape index (κ2) is 4.33. The van der Waals surface area contributed by atoms with E-state index in [-0.39, 0.29) is 0 Å². The second-order valence-electron chi connectivity index (χ2n) is 2.55. The van der Waals surface area contributed by atoms with Crippen LogP contribution in [0.4, 0.5) is 0 Å². The van der Waals surface area contributed by atoms with Crippen LogP contribution >= 0.6 is 11.3 Å². The van der Waals surface area contributed by atoms with Crippen molar-refractivity contribution in [2.75, 3.05) is 0 Å². The molecule has 0 amide bonds. The molecular formula is C10H14N2S. The van der Waals surface area contributed by atoms with Gasteiger partial charge in [0, 0.05) is 5.69 Å². The highest BCUT2D eigenvalue weighted by Crippen LogP contribution is 2.19. The lowest BCUT2D eigenvalue weighted by atomic mass is 10.3. The lowest BCUT2D eigenvalue weighted by Crippen LogP contribution is -1.85. The van der Waals surface area contributed by atoms with Gasteiger partial charge >= 0.3 is 0 Å². The van der Waals surface area contributed by atoms with Crippen LogP contribution in [-0.2, 0) is 0 Å². The van der Waals surface area contributed by atoms with Gasteiger partial charge in [-0.3, -0.25) is 4.98 Å². The fourth-order valence-corrected chi connectivity index (χ4v) is 1.99. The molecule has 2 heterocycles. The van der Waals surface area contributed by atoms with Crippen LogP contribution in [0.1, 0.15) is 25.2 Å². The summed E-state index contributed by atoms with van der Waals surface area (Å²) in [6.45, 7) is 8.00. The molecule has 0 saturated carbocycles. The molecule has 0 aliphatic carbocycles. The van der Waals surface area contributed by atoms with Crippen molar-refractivity contribution in [1.29, 1.82) is 0 Å². The smallest absolute Gasteiger partial charge is 0.102 e. The van der Waals surface area contributed by atoms with Gasteiger partial charge in [-0.2, -0.15) is 0 Å². The summed E-state index contributed by atoms with van der Waals surface area (Å²) in [4.78, 5) is 8.53. The minimum Gasteiger partial charge on any atom is -0.256 e. The van der Waals surface area contributed by atoms with E-state index < -0.39 is 0 Å². The zero-order chi connectivity index (χ0) is 9.84. The first-order valence-electron chi connectivity index (χ1n) is 4.45. The van der Waals surface area contributed by atoms with Crippen molar-refractivity contribution in [3.05, 3.63) is 23.0 Å². The molecule has 0 aromatic carbocycles. The Morgan fingerprint density at radius 1 is 1.23 bits per heavy atom. The van der Waals surface area contributed by atoms with Gasteiger partial charge in [-0.05, 0) is 19.9 Å². The molecular weight excluding hydrogens is 180 g/mol. The molecule has 0 bridgehead atoms. The van der Waals surface area contributed by atoms with E-state index in [0.717, 1.165) is 16.9 Å². The Hall–Kier alpha value is -0.960. The molecule has 0 radical (unpaired) electrons. The number of thiazole rings is 1. The molecule has 0 fully saturated rings. The van der Waals surface area contributed by atoms with Crippen LogP contribution < -0.4 is 0 Å². The van der Waals surface area contributed by atoms with Crippen molar-refractivity contribution < 1.29 is 0 Å². The van der Waals surface area contributed by atoms with Crippen LogP contribution in [0, 0.1) is 13.8 Å². The molecule has 70 valence electrons. The Labute approximate surface area is 82.7 Å². The van der Waals surface area contributed by atoms with Crippen LogP contribution in [0.5, 0.6) is 0 Å². The Bertz CT molecular complexity index is 393. The molecule has 2 aromatic rings. The number of pyridine rings is 1. The molecule has 0 aliphatic rings. The van der Waals surface area contributed by atoms with Crippen LogP contribution in [0.15, 0.2) is 11.6 Å². The number of hydrogen-bond acceptors (Lipinski definition) is 3. The lowest BCUT2D eigenvalue weighted by Gasteiger charge is -1.95. The second-order valence-corrected chi connectivity index (χ2v) is 3.43. The maximum Gasteiger partial charge on any atom is 0.102 e. The molecule has 0 unspecified atom stereocenters. The van der Waals surface area contributed by atoms with E-state index in [1.165, 1.54) is 4.70 Å². The largest absolute Gasteiger partial charge is 0.256 e. The summed E-state index contributed by atoms with van der Waals surface area (Å²) in [7, 11) is 0. The Kier molecular flexibility index (Phi) is 3.37. The molecule has 0 spiro atoms. The monoisotopic (exact) mass is 194 g/mol. The number of aromatic nitrogens is 2. The fourth-order valence-electron chi connectivity index (χ4n) is 1.17. The summed E-state index contributed by atoms with van der Waals surface area (Å²) in [5, 5.41) is 0. The number of nitrogens with zero attached hydrogens (tertiary/aromatic N) is 2. The molecule has 0 aliphatic heterocycles. The van der Waals surface area contributed by atoms with Gasteiger partial charge in [-0.25, -0.2) is 4.98 Å². The molecule has 2 rings (SSSR count). The minimum atomic E-state index is 1.03. The molecule has 0 atom stereocenters. The summed E-state index contributed by atoms with van der Waals surface area (Å²) in [5.41, 5.74) is 5.00. The highest BCUT2D eigenvalue weighted by molar-refractivity contribution is 7.16. The van der Waals surface area contributed by atoms with Gasteiger partial charge in [0.25, 0.3) is 0 Å². The standard InChI is InChI=1S/C8H8N2S.C2H6/c1-5-3-7-8(6(2)10-5)9-4-11-7;1-2/h3-4H,1-2H3;1-2H3. The highest BCUT2D eigenvalue weighted by Gasteiger charge is 2.01. The number of rotatable bonds is 0. The highest BCUT2D eigenvalue weighted by atomic mass is 32.1. The summed E-state index contributed by atoms with van der Waals surface area (Å²) in [6.07, 6.45) is 0. The first kappa shape index (κ1) is 10.1. The van der Waals surface area contributed by atoms with Gasteiger partial charge in [0.2, 0.25) is 0 Å². The molecule has 2 aromatic heterocycles. The Morgan fingerprint density at radius 3 is 2.62 bits per heavy atom. The van der Waals surface area contributed by atoms with Gasteiger partial charge in [0.05, 0.1) is 15.9 Å². The van der Waals surface area contributed by atoms with E-state index in [1.807, 2.05) is 33.2 Å². The SMILES string of the molecule is CC.Cc1cc2scnc2c(C)n1. The van der Waals surface area contributed by atoms with Crippen molar-refractivity contribution >= 4 is 21.6 Å². The first-order chi connectivity index (χ1) is 6.27. The zero-order valence-corrected chi connectivity index (χ0v) is 9.27. The van der Waals surface area contributed by atoms with Crippen molar-refractivity contribution in [2.24, 2.45) is 0 Å². The third-order valence-corrected chi connectivity index (χ3v) is 2.40. The van der Waals surface area contributed by atoms with Crippen molar-refractivity contribution in [3.63, 3.8) is 0 Å². The molecule has 13 heavy (non-hydrogen) atoms. The van der Waals surface area contributed by atoms with E-state index in [0.29, 0.717) is 0 Å². The van der Waals surface area contributed by atoms with Crippen molar-refractivity contribution in [1.82, 2.24) is 9.97 Å². The third kappa shape index (κ3) is 2.04. The first-order valence-corrected chi connectivity index (χ1v) is 5.33. The average Bonchev–Trinajstić information content (AvgIpc) is 2.55. The predicted molar refractivity (Wildman–Crippen MR) is 58.2 cm³/mol. The van der Waals surface area contributed by atoms with Crippen molar-refractivity contribution in [3.8, 4) is 0 Å². The quantitative estimate of drug-likeness (QED) is 0.643. The molecule has 0 N–H and O–H groups in total. The van der Waals surface area contributed by atoms with Gasteiger partial charge in [0.1, 0.15) is 5.52 Å². The summed E-state index contributed by atoms with van der Waals surface area (Å²) in [5.74, 6) is 0. The van der Waals surface area contributed by atoms with Gasteiger partial charge in [-0.15, -0.1) is 11.3 Å². The Morgan fingerprint density at radius 2 is 1.92 bits per heavy atom. The van der Waals surface area contributed by atoms with E-state index in [9.17, 15) is 0 Å². The van der Waals surface area contributed by atoms with E-state index in [2.05, 4.69) is 16.0 Å². The van der Waals surface area contributed by atoms with Crippen molar-refractivity contribution in [2.45, 2.75) is 27.7 Å². The van der Waals surface area contributed by atoms with Gasteiger partial charge in [-0.1, -0.05) is 13.8 Å². The minimum absolute atomic E-state index is 1.03. The zero-order valence-electron chi connectivity index (χ0n) is 8.46. The fraction of sp³-hybridized carbons (Fsp3) is 0.400. The topological polar surface area (TPSA) is 25.8 Å². The lowest BCUT2D eigenvalue weighted by molar-refractivity contribution is 1.14. The van der Waals surface area contributed by atoms with Crippen LogP contribution in [0.2, 0.25) is 0 Å². The number of hydrogen-bond donors (Lipinski definition) is 0. The maximum atomic E-state index is 4.32. The normalized spacial score (nSPS) is 9.54. The molecule has 3 heteroatoms. The van der Waals surface area contributed by atoms with Crippen LogP contribution in [-0.4, -0.2) is 9.97 Å². The van der Waals surface area contributed by atoms with Crippen LogP contribution in [0.3, 0.4) is 0 Å². The summed E-state index contributed by atoms with van der Waals surface area (Å²) in [6, 6.07) is 2.07. The van der Waals surface area contributed by atoms with E-state index >= 15 is 0 Å². The Balaban J connectivity index is 0.000000396. The van der Waals surface area contributed by atoms with Crippen LogP contribution in [0.25, 0.3) is 10.2 Å². The van der Waals surface area contributed by atoms with E-state index in [1.54, 1.807) is 11.3 Å². The van der Waals surface area contributed by atoms with E-state index in [4.69, 9.17) is 0 Å². The average molecular weight is 194 g/mol. The number of fused-ring (bicyclic) bond motifs is 1. The predicted octanol–water partition coefficient (Wildman–Crippen LogP) is 3.33.